The maximum atomic E-state index is 11.5. The quantitative estimate of drug-likeness (QED) is 0.405. The number of carbonyl (C=O) groups excluding carboxylic acids is 1. The van der Waals surface area contributed by atoms with Gasteiger partial charge in [-0.2, -0.15) is 11.8 Å². The van der Waals surface area contributed by atoms with Crippen molar-refractivity contribution in [3.63, 3.8) is 0 Å². The topological polar surface area (TPSA) is 78.4 Å². The number of rotatable bonds is 11. The van der Waals surface area contributed by atoms with Gasteiger partial charge < -0.3 is 15.7 Å². The molecular weight excluding hydrogens is 276 g/mol. The molecule has 0 aliphatic rings. The van der Waals surface area contributed by atoms with Crippen LogP contribution >= 0.6 is 11.8 Å². The number of carbonyl (C=O) groups is 2. The van der Waals surface area contributed by atoms with Crippen molar-refractivity contribution in [3.8, 4) is 0 Å². The summed E-state index contributed by atoms with van der Waals surface area (Å²) in [5, 5.41) is 14.2. The van der Waals surface area contributed by atoms with E-state index in [4.69, 9.17) is 5.11 Å². The van der Waals surface area contributed by atoms with Crippen LogP contribution in [-0.4, -0.2) is 41.7 Å². The molecule has 0 aromatic rings. The van der Waals surface area contributed by atoms with Crippen molar-refractivity contribution in [2.75, 3.05) is 24.6 Å². The van der Waals surface area contributed by atoms with Crippen LogP contribution < -0.4 is 10.6 Å². The van der Waals surface area contributed by atoms with Gasteiger partial charge in [-0.1, -0.05) is 19.9 Å². The average molecular weight is 302 g/mol. The van der Waals surface area contributed by atoms with Gasteiger partial charge in [-0.3, -0.25) is 4.79 Å². The second-order valence-electron chi connectivity index (χ2n) is 5.35. The largest absolute Gasteiger partial charge is 0.481 e. The standard InChI is InChI=1S/C14H26N2O3S/c1-4-10-20-11-9-16-13(19)15-8-7-14(2,3)6-5-12(17)18/h4H,1,5-11H2,2-3H3,(H,17,18)(H2,15,16,19). The Bertz CT molecular complexity index is 320. The highest BCUT2D eigenvalue weighted by Gasteiger charge is 2.19. The van der Waals surface area contributed by atoms with E-state index < -0.39 is 5.97 Å². The number of urea groups is 1. The minimum absolute atomic E-state index is 0.0779. The maximum absolute atomic E-state index is 11.5. The first-order chi connectivity index (χ1) is 9.37. The molecule has 0 unspecified atom stereocenters. The zero-order valence-electron chi connectivity index (χ0n) is 12.4. The van der Waals surface area contributed by atoms with E-state index in [9.17, 15) is 9.59 Å². The van der Waals surface area contributed by atoms with Crippen LogP contribution in [0.4, 0.5) is 4.79 Å². The Labute approximate surface area is 125 Å². The van der Waals surface area contributed by atoms with Crippen molar-refractivity contribution in [2.24, 2.45) is 5.41 Å². The highest BCUT2D eigenvalue weighted by atomic mass is 32.2. The molecule has 5 nitrogen and oxygen atoms in total. The lowest BCUT2D eigenvalue weighted by molar-refractivity contribution is -0.137. The van der Waals surface area contributed by atoms with E-state index in [-0.39, 0.29) is 17.9 Å². The molecule has 0 rings (SSSR count). The van der Waals surface area contributed by atoms with Crippen LogP contribution in [0, 0.1) is 5.41 Å². The van der Waals surface area contributed by atoms with Crippen LogP contribution in [0.25, 0.3) is 0 Å². The molecule has 0 radical (unpaired) electrons. The lowest BCUT2D eigenvalue weighted by atomic mass is 9.84. The third kappa shape index (κ3) is 11.9. The number of aliphatic carboxylic acids is 1. The molecule has 0 atom stereocenters. The monoisotopic (exact) mass is 302 g/mol. The summed E-state index contributed by atoms with van der Waals surface area (Å²) in [7, 11) is 0. The summed E-state index contributed by atoms with van der Waals surface area (Å²) in [4.78, 5) is 22.0. The molecular formula is C14H26N2O3S. The van der Waals surface area contributed by atoms with Crippen molar-refractivity contribution in [1.82, 2.24) is 10.6 Å². The van der Waals surface area contributed by atoms with Crippen LogP contribution in [-0.2, 0) is 4.79 Å². The fourth-order valence-electron chi connectivity index (χ4n) is 1.55. The summed E-state index contributed by atoms with van der Waals surface area (Å²) in [6.45, 7) is 8.84. The smallest absolute Gasteiger partial charge is 0.314 e. The second-order valence-corrected chi connectivity index (χ2v) is 6.50. The Hall–Kier alpha value is -1.17. The molecule has 20 heavy (non-hydrogen) atoms. The molecule has 116 valence electrons. The highest BCUT2D eigenvalue weighted by molar-refractivity contribution is 7.99. The number of carboxylic acid groups (broad SMARTS) is 1. The van der Waals surface area contributed by atoms with Gasteiger partial charge in [0.15, 0.2) is 0 Å². The van der Waals surface area contributed by atoms with Gasteiger partial charge in [0.1, 0.15) is 0 Å². The number of thioether (sulfide) groups is 1. The van der Waals surface area contributed by atoms with Crippen LogP contribution in [0.1, 0.15) is 33.1 Å². The Kier molecular flexibility index (Phi) is 9.98. The van der Waals surface area contributed by atoms with Gasteiger partial charge in [-0.15, -0.1) is 6.58 Å². The lowest BCUT2D eigenvalue weighted by Crippen LogP contribution is -2.38. The molecule has 0 aromatic carbocycles. The third-order valence-corrected chi connectivity index (χ3v) is 3.83. The molecule has 0 aromatic heterocycles. The number of hydrogen-bond acceptors (Lipinski definition) is 3. The first-order valence-corrected chi connectivity index (χ1v) is 7.95. The van der Waals surface area contributed by atoms with E-state index in [0.717, 1.165) is 17.9 Å². The van der Waals surface area contributed by atoms with E-state index in [1.165, 1.54) is 0 Å². The first kappa shape index (κ1) is 18.8. The average Bonchev–Trinajstić information content (AvgIpc) is 2.36. The van der Waals surface area contributed by atoms with Crippen LogP contribution in [0.2, 0.25) is 0 Å². The van der Waals surface area contributed by atoms with Gasteiger partial charge in [0, 0.05) is 31.0 Å². The molecule has 2 amide bonds. The molecule has 0 spiro atoms. The Morgan fingerprint density at radius 2 is 1.90 bits per heavy atom. The van der Waals surface area contributed by atoms with Gasteiger partial charge in [-0.25, -0.2) is 4.79 Å². The van der Waals surface area contributed by atoms with Gasteiger partial charge in [0.05, 0.1) is 0 Å². The van der Waals surface area contributed by atoms with Crippen LogP contribution in [0.3, 0.4) is 0 Å². The summed E-state index contributed by atoms with van der Waals surface area (Å²) < 4.78 is 0. The molecule has 6 heteroatoms. The normalized spacial score (nSPS) is 10.9. The van der Waals surface area contributed by atoms with Crippen molar-refractivity contribution >= 4 is 23.8 Å². The highest BCUT2D eigenvalue weighted by Crippen LogP contribution is 2.25. The van der Waals surface area contributed by atoms with Gasteiger partial charge in [-0.05, 0) is 18.3 Å². The second kappa shape index (κ2) is 10.6. The Morgan fingerprint density at radius 1 is 1.25 bits per heavy atom. The predicted octanol–water partition coefficient (Wildman–Crippen LogP) is 2.49. The Balaban J connectivity index is 3.63. The predicted molar refractivity (Wildman–Crippen MR) is 84.2 cm³/mol. The van der Waals surface area contributed by atoms with Crippen molar-refractivity contribution in [3.05, 3.63) is 12.7 Å². The molecule has 0 heterocycles. The summed E-state index contributed by atoms with van der Waals surface area (Å²) in [6, 6.07) is -0.168. The molecule has 0 aliphatic heterocycles. The fraction of sp³-hybridized carbons (Fsp3) is 0.714. The zero-order valence-corrected chi connectivity index (χ0v) is 13.2. The third-order valence-electron chi connectivity index (χ3n) is 2.87. The number of carboxylic acids is 1. The van der Waals surface area contributed by atoms with Crippen molar-refractivity contribution in [1.29, 1.82) is 0 Å². The van der Waals surface area contributed by atoms with Crippen molar-refractivity contribution < 1.29 is 14.7 Å². The molecule has 0 aliphatic carbocycles. The summed E-state index contributed by atoms with van der Waals surface area (Å²) in [5.74, 6) is 0.978. The summed E-state index contributed by atoms with van der Waals surface area (Å²) in [5.41, 5.74) is -0.0779. The van der Waals surface area contributed by atoms with Gasteiger partial charge in [0.2, 0.25) is 0 Å². The van der Waals surface area contributed by atoms with Gasteiger partial charge in [0.25, 0.3) is 0 Å². The summed E-state index contributed by atoms with van der Waals surface area (Å²) in [6.07, 6.45) is 3.38. The van der Waals surface area contributed by atoms with Crippen LogP contribution in [0.5, 0.6) is 0 Å². The zero-order chi connectivity index (χ0) is 15.4. The van der Waals surface area contributed by atoms with E-state index >= 15 is 0 Å². The first-order valence-electron chi connectivity index (χ1n) is 6.79. The SMILES string of the molecule is C=CCSCCNC(=O)NCCC(C)(C)CCC(=O)O. The maximum Gasteiger partial charge on any atom is 0.314 e. The van der Waals surface area contributed by atoms with E-state index in [0.29, 0.717) is 19.5 Å². The van der Waals surface area contributed by atoms with E-state index in [2.05, 4.69) is 17.2 Å². The minimum atomic E-state index is -0.777. The van der Waals surface area contributed by atoms with Crippen molar-refractivity contribution in [2.45, 2.75) is 33.1 Å². The number of nitrogens with one attached hydrogen (secondary N) is 2. The van der Waals surface area contributed by atoms with E-state index in [1.807, 2.05) is 19.9 Å². The molecule has 0 saturated carbocycles. The summed E-state index contributed by atoms with van der Waals surface area (Å²) >= 11 is 1.72. The van der Waals surface area contributed by atoms with Crippen LogP contribution in [0.15, 0.2) is 12.7 Å². The molecule has 0 bridgehead atoms. The molecule has 0 fully saturated rings. The van der Waals surface area contributed by atoms with E-state index in [1.54, 1.807) is 11.8 Å². The Morgan fingerprint density at radius 3 is 2.50 bits per heavy atom. The van der Waals surface area contributed by atoms with Gasteiger partial charge >= 0.3 is 12.0 Å². The number of amides is 2. The number of hydrogen-bond donors (Lipinski definition) is 3. The molecule has 0 saturated heterocycles. The lowest BCUT2D eigenvalue weighted by Gasteiger charge is -2.23. The fourth-order valence-corrected chi connectivity index (χ4v) is 2.13. The molecule has 3 N–H and O–H groups in total. The minimum Gasteiger partial charge on any atom is -0.481 e.